The lowest BCUT2D eigenvalue weighted by atomic mass is 10.2. The highest BCUT2D eigenvalue weighted by Gasteiger charge is 2.17. The number of fused-ring (bicyclic) bond motifs is 2. The lowest BCUT2D eigenvalue weighted by Gasteiger charge is -2.12. The van der Waals surface area contributed by atoms with Crippen LogP contribution < -0.4 is 10.3 Å². The van der Waals surface area contributed by atoms with E-state index in [2.05, 4.69) is 50.3 Å². The van der Waals surface area contributed by atoms with Crippen LogP contribution in [0.5, 0.6) is 5.75 Å². The van der Waals surface area contributed by atoms with Crippen molar-refractivity contribution in [2.75, 3.05) is 0 Å². The molecule has 0 saturated heterocycles. The molecule has 6 nitrogen and oxygen atoms in total. The second kappa shape index (κ2) is 11.9. The topological polar surface area (TPSA) is 69.6 Å². The van der Waals surface area contributed by atoms with Crippen LogP contribution in [-0.4, -0.2) is 15.9 Å². The Bertz CT molecular complexity index is 2030. The molecule has 0 spiro atoms. The van der Waals surface area contributed by atoms with Gasteiger partial charge < -0.3 is 9.15 Å². The van der Waals surface area contributed by atoms with Gasteiger partial charge in [-0.2, -0.15) is 9.78 Å². The summed E-state index contributed by atoms with van der Waals surface area (Å²) >= 11 is 22.8. The summed E-state index contributed by atoms with van der Waals surface area (Å²) in [6.45, 7) is 0.334. The first kappa shape index (κ1) is 28.5. The molecule has 0 aliphatic heterocycles. The minimum atomic E-state index is -0.314. The maximum Gasteiger partial charge on any atom is 0.282 e. The van der Waals surface area contributed by atoms with Gasteiger partial charge in [-0.15, -0.1) is 0 Å². The average Bonchev–Trinajstić information content (AvgIpc) is 3.37. The van der Waals surface area contributed by atoms with Crippen molar-refractivity contribution in [1.29, 1.82) is 0 Å². The van der Waals surface area contributed by atoms with E-state index in [-0.39, 0.29) is 11.4 Å². The number of ether oxygens (including phenoxy) is 1. The molecular weight excluding hydrogens is 811 g/mol. The molecule has 11 heteroatoms. The van der Waals surface area contributed by atoms with E-state index in [0.717, 1.165) is 29.4 Å². The zero-order valence-corrected chi connectivity index (χ0v) is 27.3. The van der Waals surface area contributed by atoms with Crippen LogP contribution in [0.25, 0.3) is 33.5 Å². The molecule has 0 unspecified atom stereocenters. The Kier molecular flexibility index (Phi) is 8.28. The van der Waals surface area contributed by atoms with Gasteiger partial charge in [0.25, 0.3) is 5.56 Å². The van der Waals surface area contributed by atoms with Gasteiger partial charge in [0, 0.05) is 10.4 Å². The second-order valence-electron chi connectivity index (χ2n) is 8.96. The van der Waals surface area contributed by atoms with Gasteiger partial charge in [0.2, 0.25) is 5.82 Å². The Hall–Kier alpha value is -2.64. The van der Waals surface area contributed by atoms with E-state index in [1.54, 1.807) is 60.8 Å². The fourth-order valence-electron chi connectivity index (χ4n) is 4.22. The molecule has 4 aromatic carbocycles. The van der Waals surface area contributed by atoms with Gasteiger partial charge >= 0.3 is 0 Å². The highest BCUT2D eigenvalue weighted by molar-refractivity contribution is 14.1. The quantitative estimate of drug-likeness (QED) is 0.124. The number of halogens is 5. The van der Waals surface area contributed by atoms with E-state index in [9.17, 15) is 4.79 Å². The summed E-state index contributed by atoms with van der Waals surface area (Å²) in [6, 6.07) is 23.5. The van der Waals surface area contributed by atoms with Gasteiger partial charge in [-0.05, 0) is 117 Å². The lowest BCUT2D eigenvalue weighted by molar-refractivity contribution is 0.302. The number of benzene rings is 4. The summed E-state index contributed by atoms with van der Waals surface area (Å²) in [5.41, 5.74) is 2.54. The molecule has 0 fully saturated rings. The van der Waals surface area contributed by atoms with Crippen molar-refractivity contribution < 1.29 is 9.15 Å². The van der Waals surface area contributed by atoms with E-state index >= 15 is 0 Å². The Balaban J connectivity index is 1.36. The van der Waals surface area contributed by atoms with Gasteiger partial charge in [-0.3, -0.25) is 4.79 Å². The smallest absolute Gasteiger partial charge is 0.282 e. The van der Waals surface area contributed by atoms with E-state index in [1.807, 2.05) is 24.3 Å². The molecule has 0 saturated carbocycles. The monoisotopic (exact) mass is 825 g/mol. The summed E-state index contributed by atoms with van der Waals surface area (Å²) in [5.74, 6) is 1.42. The van der Waals surface area contributed by atoms with Crippen LogP contribution in [0.2, 0.25) is 15.1 Å². The molecule has 0 bridgehead atoms. The first-order valence-corrected chi connectivity index (χ1v) is 15.4. The average molecular weight is 827 g/mol. The van der Waals surface area contributed by atoms with Crippen molar-refractivity contribution >= 4 is 108 Å². The van der Waals surface area contributed by atoms with Crippen molar-refractivity contribution in [2.24, 2.45) is 5.10 Å². The number of rotatable bonds is 6. The molecule has 0 aliphatic carbocycles. The van der Waals surface area contributed by atoms with Gasteiger partial charge in [0.15, 0.2) is 5.76 Å². The maximum absolute atomic E-state index is 13.6. The van der Waals surface area contributed by atoms with E-state index in [0.29, 0.717) is 43.9 Å². The molecule has 6 aromatic rings. The first-order valence-electron chi connectivity index (χ1n) is 12.1. The van der Waals surface area contributed by atoms with Crippen LogP contribution in [0, 0.1) is 7.14 Å². The van der Waals surface area contributed by atoms with Crippen LogP contribution in [-0.2, 0) is 6.61 Å². The third-order valence-electron chi connectivity index (χ3n) is 6.16. The lowest BCUT2D eigenvalue weighted by Crippen LogP contribution is -2.20. The highest BCUT2D eigenvalue weighted by atomic mass is 127. The Labute approximate surface area is 276 Å². The largest absolute Gasteiger partial charge is 0.487 e. The number of para-hydroxylation sites is 1. The third kappa shape index (κ3) is 5.98. The molecule has 6 rings (SSSR count). The normalized spacial score (nSPS) is 11.6. The van der Waals surface area contributed by atoms with Crippen molar-refractivity contribution in [1.82, 2.24) is 9.66 Å². The molecule has 0 amide bonds. The molecule has 0 atom stereocenters. The van der Waals surface area contributed by atoms with Crippen molar-refractivity contribution in [3.8, 4) is 17.3 Å². The Morgan fingerprint density at radius 1 is 0.927 bits per heavy atom. The molecule has 0 aliphatic rings. The minimum absolute atomic E-state index is 0.281. The van der Waals surface area contributed by atoms with Crippen LogP contribution in [0.15, 0.2) is 93.2 Å². The van der Waals surface area contributed by atoms with Crippen LogP contribution in [0.1, 0.15) is 11.1 Å². The summed E-state index contributed by atoms with van der Waals surface area (Å²) in [6.07, 6.45) is 1.62. The fourth-order valence-corrected chi connectivity index (χ4v) is 6.84. The van der Waals surface area contributed by atoms with Gasteiger partial charge in [-0.25, -0.2) is 4.98 Å². The molecule has 2 heterocycles. The molecular formula is C30H16Cl3I2N3O3. The van der Waals surface area contributed by atoms with E-state index < -0.39 is 0 Å². The van der Waals surface area contributed by atoms with Crippen LogP contribution in [0.4, 0.5) is 0 Å². The van der Waals surface area contributed by atoms with Gasteiger partial charge in [0.1, 0.15) is 17.9 Å². The predicted octanol–water partition coefficient (Wildman–Crippen LogP) is 9.44. The SMILES string of the molecule is O=c1c2ccccc2nc(-c2cc3cc(Cl)ccc3o2)n1N=Cc1cc(I)c(OCc2ccc(Cl)c(Cl)c2)c(I)c1. The number of hydrogen-bond acceptors (Lipinski definition) is 5. The standard InChI is InChI=1S/C30H16Cl3I2N3O3/c31-19-6-8-26-18(12-19)13-27(41-26)29-37-25-4-2-1-3-20(25)30(39)38(29)36-14-17-10-23(34)28(24(35)11-17)40-15-16-5-7-21(32)22(33)9-16/h1-14H,15H2. The van der Waals surface area contributed by atoms with E-state index in [1.165, 1.54) is 4.68 Å². The Morgan fingerprint density at radius 3 is 2.49 bits per heavy atom. The summed E-state index contributed by atoms with van der Waals surface area (Å²) in [4.78, 5) is 18.3. The van der Waals surface area contributed by atoms with Gasteiger partial charge in [0.05, 0.1) is 34.3 Å². The zero-order chi connectivity index (χ0) is 28.7. The summed E-state index contributed by atoms with van der Waals surface area (Å²) in [5, 5.41) is 7.37. The second-order valence-corrected chi connectivity index (χ2v) is 12.5. The summed E-state index contributed by atoms with van der Waals surface area (Å²) in [7, 11) is 0. The number of furan rings is 1. The van der Waals surface area contributed by atoms with Crippen molar-refractivity contribution in [3.05, 3.63) is 123 Å². The first-order chi connectivity index (χ1) is 19.8. The fraction of sp³-hybridized carbons (Fsp3) is 0.0333. The third-order valence-corrected chi connectivity index (χ3v) is 8.74. The molecule has 2 aromatic heterocycles. The molecule has 0 N–H and O–H groups in total. The number of nitrogens with zero attached hydrogens (tertiary/aromatic N) is 3. The van der Waals surface area contributed by atoms with Gasteiger partial charge in [-0.1, -0.05) is 53.0 Å². The van der Waals surface area contributed by atoms with Crippen LogP contribution >= 0.6 is 80.0 Å². The Morgan fingerprint density at radius 2 is 1.71 bits per heavy atom. The molecule has 0 radical (unpaired) electrons. The number of hydrogen-bond donors (Lipinski definition) is 0. The van der Waals surface area contributed by atoms with E-state index in [4.69, 9.17) is 48.9 Å². The van der Waals surface area contributed by atoms with Crippen molar-refractivity contribution in [3.63, 3.8) is 0 Å². The molecule has 41 heavy (non-hydrogen) atoms. The minimum Gasteiger partial charge on any atom is -0.487 e. The maximum atomic E-state index is 13.6. The van der Waals surface area contributed by atoms with Crippen molar-refractivity contribution in [2.45, 2.75) is 6.61 Å². The summed E-state index contributed by atoms with van der Waals surface area (Å²) < 4.78 is 15.2. The number of aromatic nitrogens is 2. The van der Waals surface area contributed by atoms with Crippen LogP contribution in [0.3, 0.4) is 0 Å². The zero-order valence-electron chi connectivity index (χ0n) is 20.7. The molecule has 204 valence electrons. The highest BCUT2D eigenvalue weighted by Crippen LogP contribution is 2.31. The predicted molar refractivity (Wildman–Crippen MR) is 182 cm³/mol.